The number of carbonyl (C=O) groups excluding carboxylic acids is 3. The third kappa shape index (κ3) is 18.8. The van der Waals surface area contributed by atoms with Gasteiger partial charge in [0.2, 0.25) is 17.6 Å². The Hall–Kier alpha value is -10.6. The number of aromatic nitrogens is 13. The highest BCUT2D eigenvalue weighted by atomic mass is 19.4. The van der Waals surface area contributed by atoms with E-state index in [2.05, 4.69) is 88.8 Å². The molecule has 1 aromatic carbocycles. The van der Waals surface area contributed by atoms with E-state index in [-0.39, 0.29) is 43.4 Å². The fourth-order valence-corrected chi connectivity index (χ4v) is 8.85. The maximum absolute atomic E-state index is 13.0. The minimum Gasteiger partial charge on any atom is -0.470 e. The van der Waals surface area contributed by atoms with Crippen molar-refractivity contribution >= 4 is 34.7 Å². The number of pyridine rings is 4. The van der Waals surface area contributed by atoms with E-state index < -0.39 is 47.0 Å². The van der Waals surface area contributed by atoms with Gasteiger partial charge in [-0.25, -0.2) is 39.5 Å². The number of hydrogen-bond donors (Lipinski definition) is 0. The Labute approximate surface area is 540 Å². The Morgan fingerprint density at radius 3 is 1.44 bits per heavy atom. The molecule has 1 aliphatic rings. The summed E-state index contributed by atoms with van der Waals surface area (Å²) in [6, 6.07) is 17.8. The minimum absolute atomic E-state index is 0.00599. The topological polar surface area (TPSA) is 258 Å². The molecule has 0 aliphatic carbocycles. The molecule has 1 fully saturated rings. The number of benzene rings is 1. The van der Waals surface area contributed by atoms with Gasteiger partial charge in [-0.3, -0.25) is 33.5 Å². The first-order valence-corrected chi connectivity index (χ1v) is 29.7. The Kier molecular flexibility index (Phi) is 23.3. The van der Waals surface area contributed by atoms with Gasteiger partial charge in [-0.05, 0) is 117 Å². The summed E-state index contributed by atoms with van der Waals surface area (Å²) < 4.78 is 82.1. The van der Waals surface area contributed by atoms with Crippen LogP contribution in [0, 0.1) is 34.6 Å². The molecule has 11 aromatic rings. The lowest BCUT2D eigenvalue weighted by Crippen LogP contribution is -2.41. The molecule has 11 heterocycles. The number of nitrogens with zero attached hydrogens (tertiary/aromatic N) is 13. The van der Waals surface area contributed by atoms with Crippen LogP contribution in [0.25, 0.3) is 39.5 Å². The third-order valence-corrected chi connectivity index (χ3v) is 14.7. The van der Waals surface area contributed by atoms with Crippen LogP contribution in [0.3, 0.4) is 0 Å². The zero-order chi connectivity index (χ0) is 67.6. The molecule has 0 radical (unpaired) electrons. The first kappa shape index (κ1) is 69.3. The van der Waals surface area contributed by atoms with Crippen LogP contribution >= 0.6 is 0 Å². The smallest absolute Gasteiger partial charge is 0.416 e. The molecule has 0 unspecified atom stereocenters. The molecule has 12 rings (SSSR count). The Balaban J connectivity index is 0.000000160. The Morgan fingerprint density at radius 1 is 0.511 bits per heavy atom. The zero-order valence-electron chi connectivity index (χ0n) is 53.9. The fraction of sp³-hybridized carbons (Fsp3) is 0.309. The number of carbonyl (C=O) groups is 3. The number of alkyl halides is 3. The maximum atomic E-state index is 13.0. The number of esters is 2. The third-order valence-electron chi connectivity index (χ3n) is 14.7. The van der Waals surface area contributed by atoms with Gasteiger partial charge >= 0.3 is 18.1 Å². The van der Waals surface area contributed by atoms with Gasteiger partial charge in [-0.1, -0.05) is 23.8 Å². The number of fused-ring (bicyclic) bond motifs is 3. The number of imidazole rings is 3. The van der Waals surface area contributed by atoms with Crippen molar-refractivity contribution in [3.8, 4) is 40.2 Å². The van der Waals surface area contributed by atoms with E-state index in [4.69, 9.17) is 33.2 Å². The molecule has 1 saturated heterocycles. The van der Waals surface area contributed by atoms with Crippen molar-refractivity contribution in [3.05, 3.63) is 205 Å². The van der Waals surface area contributed by atoms with Crippen LogP contribution in [0.2, 0.25) is 0 Å². The second-order valence-electron chi connectivity index (χ2n) is 22.2. The van der Waals surface area contributed by atoms with E-state index in [1.54, 1.807) is 112 Å². The number of aryl methyl sites for hydroxylation is 5. The van der Waals surface area contributed by atoms with E-state index >= 15 is 0 Å². The number of halogens is 3. The summed E-state index contributed by atoms with van der Waals surface area (Å²) >= 11 is 0. The quantitative estimate of drug-likeness (QED) is 0.0814. The molecule has 26 heteroatoms. The summed E-state index contributed by atoms with van der Waals surface area (Å²) in [5.74, 6) is -0.298. The van der Waals surface area contributed by atoms with E-state index in [0.29, 0.717) is 30.6 Å². The largest absolute Gasteiger partial charge is 0.470 e. The van der Waals surface area contributed by atoms with Crippen molar-refractivity contribution in [2.45, 2.75) is 106 Å². The molecule has 0 N–H and O–H groups in total. The molecular weight excluding hydrogens is 1220 g/mol. The molecule has 23 nitrogen and oxygen atoms in total. The standard InChI is InChI=1S/C21H16F3N5O2.C16H23NO5.C15H14N4O3.C9H12.C7H7N3/c1-13-8-26-15(7-17(13)21(22,23)24)6-16(30)12-31-20-3-2-14(9-28-20)18-10-27-19-11-25-4-5-29(18)19;1-6-19-13(18)10-20-12-8-7-11(9-17-12)14-21-15(2,3)16(4,5)22-14;1-2-21-15(20)10-22-14-4-3-11(7-18-14)12-8-17-13-9-16-5-6-19(12)13;1-7-4-5-8(2)9(3)6-7;1-6-4-9-7-5-8-2-3-10(6)7/h2-5,7-11H,6,12H2,1H3;7-9,14H,6,10H2,1-5H3;3-9H,2,10H2,1H3;4-6H,1-3H3;2-5H,1H3. The van der Waals surface area contributed by atoms with Crippen molar-refractivity contribution in [1.29, 1.82) is 0 Å². The number of ketones is 1. The molecule has 490 valence electrons. The summed E-state index contributed by atoms with van der Waals surface area (Å²) in [5.41, 5.74) is 10.3. The molecule has 94 heavy (non-hydrogen) atoms. The van der Waals surface area contributed by atoms with Crippen molar-refractivity contribution < 1.29 is 60.7 Å². The zero-order valence-corrected chi connectivity index (χ0v) is 53.9. The Morgan fingerprint density at radius 2 is 0.989 bits per heavy atom. The predicted molar refractivity (Wildman–Crippen MR) is 341 cm³/mol. The van der Waals surface area contributed by atoms with Gasteiger partial charge in [0.05, 0.1) is 78.8 Å². The highest BCUT2D eigenvalue weighted by Crippen LogP contribution is 2.44. The number of Topliss-reactive ketones (excluding diaryl/α,β-unsaturated/α-hetero) is 1. The molecule has 0 amide bonds. The highest BCUT2D eigenvalue weighted by Gasteiger charge is 2.49. The van der Waals surface area contributed by atoms with Gasteiger partial charge in [0.15, 0.2) is 42.2 Å². The number of ether oxygens (including phenoxy) is 7. The van der Waals surface area contributed by atoms with Crippen LogP contribution < -0.4 is 14.2 Å². The predicted octanol–water partition coefficient (Wildman–Crippen LogP) is 11.7. The van der Waals surface area contributed by atoms with Gasteiger partial charge in [0.1, 0.15) is 6.61 Å². The van der Waals surface area contributed by atoms with Gasteiger partial charge in [-0.2, -0.15) is 13.2 Å². The monoisotopic (exact) mass is 1290 g/mol. The normalized spacial score (nSPS) is 13.0. The second-order valence-corrected chi connectivity index (χ2v) is 22.2. The SMILES string of the molecule is CCOC(=O)COc1ccc(-c2cnc3cnccn23)cn1.CCOC(=O)COc1ccc(C2OC(C)(C)C(C)(C)O2)cn1.Cc1ccc(C)c(C)c1.Cc1cnc(CC(=O)COc2ccc(-c3cnc4cnccn34)cn2)cc1C(F)(F)F.Cc1cnc2cnccn12. The highest BCUT2D eigenvalue weighted by molar-refractivity contribution is 5.82. The summed E-state index contributed by atoms with van der Waals surface area (Å²) in [4.78, 5) is 75.7. The van der Waals surface area contributed by atoms with E-state index in [1.807, 2.05) is 78.5 Å². The summed E-state index contributed by atoms with van der Waals surface area (Å²) in [6.45, 7) is 21.2. The molecule has 0 spiro atoms. The lowest BCUT2D eigenvalue weighted by atomic mass is 9.90. The van der Waals surface area contributed by atoms with Crippen LogP contribution in [-0.4, -0.2) is 125 Å². The van der Waals surface area contributed by atoms with Gasteiger partial charge < -0.3 is 37.6 Å². The molecule has 0 bridgehead atoms. The molecule has 1 aliphatic heterocycles. The second kappa shape index (κ2) is 31.6. The summed E-state index contributed by atoms with van der Waals surface area (Å²) in [7, 11) is 0. The van der Waals surface area contributed by atoms with Crippen molar-refractivity contribution in [1.82, 2.24) is 63.0 Å². The van der Waals surface area contributed by atoms with Crippen LogP contribution in [0.4, 0.5) is 13.2 Å². The number of hydrogen-bond acceptors (Lipinski definition) is 20. The molecule has 10 aromatic heterocycles. The van der Waals surface area contributed by atoms with Crippen LogP contribution in [-0.2, 0) is 45.9 Å². The molecular formula is C68H72F3N13O10. The van der Waals surface area contributed by atoms with Crippen LogP contribution in [0.15, 0.2) is 160 Å². The van der Waals surface area contributed by atoms with Gasteiger partial charge in [-0.15, -0.1) is 0 Å². The van der Waals surface area contributed by atoms with Crippen LogP contribution in [0.1, 0.15) is 92.6 Å². The van der Waals surface area contributed by atoms with E-state index in [9.17, 15) is 27.6 Å². The van der Waals surface area contributed by atoms with Crippen molar-refractivity contribution in [3.63, 3.8) is 0 Å². The van der Waals surface area contributed by atoms with E-state index in [0.717, 1.165) is 57.3 Å². The summed E-state index contributed by atoms with van der Waals surface area (Å²) in [5, 5.41) is 0. The Bertz CT molecular complexity index is 4290. The summed E-state index contributed by atoms with van der Waals surface area (Å²) in [6.07, 6.45) is 21.7. The molecule has 0 saturated carbocycles. The van der Waals surface area contributed by atoms with E-state index in [1.165, 1.54) is 23.6 Å². The lowest BCUT2D eigenvalue weighted by Gasteiger charge is -2.30. The maximum Gasteiger partial charge on any atom is 0.416 e. The van der Waals surface area contributed by atoms with Gasteiger partial charge in [0.25, 0.3) is 0 Å². The first-order chi connectivity index (χ1) is 44.9. The van der Waals surface area contributed by atoms with Crippen molar-refractivity contribution in [2.24, 2.45) is 0 Å². The van der Waals surface area contributed by atoms with Gasteiger partial charge in [0, 0.05) is 114 Å². The van der Waals surface area contributed by atoms with Crippen molar-refractivity contribution in [2.75, 3.05) is 33.0 Å². The number of rotatable bonds is 16. The first-order valence-electron chi connectivity index (χ1n) is 29.7. The lowest BCUT2D eigenvalue weighted by molar-refractivity contribution is -0.146. The molecule has 0 atom stereocenters. The fourth-order valence-electron chi connectivity index (χ4n) is 8.85. The minimum atomic E-state index is -4.50. The van der Waals surface area contributed by atoms with Crippen LogP contribution in [0.5, 0.6) is 17.6 Å². The average Bonchev–Trinajstić information content (AvgIpc) is 1.63. The average molecular weight is 1290 g/mol.